The number of fused-ring (bicyclic) bond motifs is 1. The Morgan fingerprint density at radius 1 is 0.953 bits per heavy atom. The number of amides is 3. The van der Waals surface area contributed by atoms with E-state index in [4.69, 9.17) is 4.74 Å². The molecule has 0 bridgehead atoms. The van der Waals surface area contributed by atoms with Crippen LogP contribution in [0.1, 0.15) is 84.4 Å². The van der Waals surface area contributed by atoms with E-state index in [1.54, 1.807) is 50.8 Å². The quantitative estimate of drug-likeness (QED) is 0.190. The monoisotopic (exact) mass is 589 g/mol. The average molecular weight is 590 g/mol. The van der Waals surface area contributed by atoms with Gasteiger partial charge in [0.05, 0.1) is 0 Å². The van der Waals surface area contributed by atoms with Crippen molar-refractivity contribution in [3.05, 3.63) is 71.8 Å². The van der Waals surface area contributed by atoms with Gasteiger partial charge in [0.15, 0.2) is 0 Å². The molecule has 3 unspecified atom stereocenters. The van der Waals surface area contributed by atoms with E-state index < -0.39 is 23.8 Å². The summed E-state index contributed by atoms with van der Waals surface area (Å²) in [5, 5.41) is 18.1. The lowest BCUT2D eigenvalue weighted by Gasteiger charge is -2.36. The first-order valence-electron chi connectivity index (χ1n) is 15.2. The number of anilines is 1. The number of benzene rings is 3. The molecule has 0 spiro atoms. The number of alkyl carbamates (subject to hydrolysis) is 1. The van der Waals surface area contributed by atoms with E-state index in [-0.39, 0.29) is 23.5 Å². The number of rotatable bonds is 12. The van der Waals surface area contributed by atoms with Gasteiger partial charge in [0.1, 0.15) is 23.4 Å². The van der Waals surface area contributed by atoms with Crippen LogP contribution in [0.25, 0.3) is 10.8 Å². The minimum Gasteiger partial charge on any atom is -0.508 e. The predicted octanol–water partition coefficient (Wildman–Crippen LogP) is 7.49. The first-order chi connectivity index (χ1) is 20.3. The van der Waals surface area contributed by atoms with E-state index in [0.29, 0.717) is 36.2 Å². The highest BCUT2D eigenvalue weighted by Gasteiger charge is 2.38. The highest BCUT2D eigenvalue weighted by molar-refractivity contribution is 6.00. The van der Waals surface area contributed by atoms with Crippen molar-refractivity contribution >= 4 is 34.4 Å². The third kappa shape index (κ3) is 9.21. The third-order valence-corrected chi connectivity index (χ3v) is 7.55. The Bertz CT molecular complexity index is 1410. The zero-order valence-corrected chi connectivity index (χ0v) is 26.6. The Kier molecular flexibility index (Phi) is 11.6. The Balaban J connectivity index is 2.07. The molecular formula is C35H47N3O5. The number of aromatic hydroxyl groups is 1. The lowest BCUT2D eigenvalue weighted by atomic mass is 9.95. The SMILES string of the molecule is CCCCCN(C(=O)C(NC(=O)OC(C)(C)C)C(C)CC)C(C(=O)Nc1ccc2ccccc2c1)c1ccc(O)c(C)c1. The van der Waals surface area contributed by atoms with Gasteiger partial charge in [-0.15, -0.1) is 0 Å². The van der Waals surface area contributed by atoms with Crippen molar-refractivity contribution in [1.29, 1.82) is 0 Å². The van der Waals surface area contributed by atoms with Crippen molar-refractivity contribution in [3.63, 3.8) is 0 Å². The fraction of sp³-hybridized carbons (Fsp3) is 0.457. The smallest absolute Gasteiger partial charge is 0.408 e. The molecule has 3 rings (SSSR count). The molecule has 0 aromatic heterocycles. The van der Waals surface area contributed by atoms with Gasteiger partial charge in [-0.05, 0) is 86.2 Å². The van der Waals surface area contributed by atoms with Crippen LogP contribution in [0.2, 0.25) is 0 Å². The summed E-state index contributed by atoms with van der Waals surface area (Å²) < 4.78 is 5.50. The topological polar surface area (TPSA) is 108 Å². The molecule has 3 aromatic carbocycles. The second-order valence-corrected chi connectivity index (χ2v) is 12.2. The van der Waals surface area contributed by atoms with Gasteiger partial charge in [-0.1, -0.05) is 76.4 Å². The fourth-order valence-electron chi connectivity index (χ4n) is 4.99. The minimum atomic E-state index is -1.01. The molecule has 0 saturated carbocycles. The molecule has 0 radical (unpaired) electrons. The van der Waals surface area contributed by atoms with Gasteiger partial charge in [0.25, 0.3) is 5.91 Å². The van der Waals surface area contributed by atoms with Gasteiger partial charge in [-0.3, -0.25) is 9.59 Å². The van der Waals surface area contributed by atoms with Crippen LogP contribution in [0.5, 0.6) is 5.75 Å². The number of aryl methyl sites for hydroxylation is 1. The van der Waals surface area contributed by atoms with Gasteiger partial charge in [-0.25, -0.2) is 4.79 Å². The van der Waals surface area contributed by atoms with Gasteiger partial charge in [-0.2, -0.15) is 0 Å². The number of hydrogen-bond donors (Lipinski definition) is 3. The van der Waals surface area contributed by atoms with Gasteiger partial charge in [0.2, 0.25) is 5.91 Å². The molecule has 43 heavy (non-hydrogen) atoms. The van der Waals surface area contributed by atoms with Crippen LogP contribution >= 0.6 is 0 Å². The summed E-state index contributed by atoms with van der Waals surface area (Å²) in [6.45, 7) is 13.3. The number of carbonyl (C=O) groups excluding carboxylic acids is 3. The highest BCUT2D eigenvalue weighted by atomic mass is 16.6. The van der Waals surface area contributed by atoms with Crippen LogP contribution in [0.4, 0.5) is 10.5 Å². The third-order valence-electron chi connectivity index (χ3n) is 7.55. The Morgan fingerprint density at radius 3 is 2.28 bits per heavy atom. The summed E-state index contributed by atoms with van der Waals surface area (Å²) >= 11 is 0. The molecule has 0 aliphatic carbocycles. The number of carbonyl (C=O) groups is 3. The van der Waals surface area contributed by atoms with Crippen LogP contribution < -0.4 is 10.6 Å². The molecule has 3 N–H and O–H groups in total. The fourth-order valence-corrected chi connectivity index (χ4v) is 4.99. The number of phenols is 1. The Labute approximate surface area is 255 Å². The van der Waals surface area contributed by atoms with Crippen LogP contribution in [-0.2, 0) is 14.3 Å². The van der Waals surface area contributed by atoms with Gasteiger partial charge < -0.3 is 25.4 Å². The first-order valence-corrected chi connectivity index (χ1v) is 15.2. The predicted molar refractivity (Wildman–Crippen MR) is 172 cm³/mol. The van der Waals surface area contributed by atoms with E-state index in [0.717, 1.165) is 23.6 Å². The van der Waals surface area contributed by atoms with Crippen LogP contribution in [-0.4, -0.2) is 46.1 Å². The number of unbranched alkanes of at least 4 members (excludes halogenated alkanes) is 2. The number of ether oxygens (including phenoxy) is 1. The van der Waals surface area contributed by atoms with Crippen molar-refractivity contribution in [3.8, 4) is 5.75 Å². The van der Waals surface area contributed by atoms with E-state index in [9.17, 15) is 19.5 Å². The second-order valence-electron chi connectivity index (χ2n) is 12.2. The van der Waals surface area contributed by atoms with E-state index in [1.165, 1.54) is 0 Å². The number of nitrogens with zero attached hydrogens (tertiary/aromatic N) is 1. The molecule has 3 aromatic rings. The molecule has 8 heteroatoms. The molecule has 3 atom stereocenters. The van der Waals surface area contributed by atoms with Crippen molar-refractivity contribution in [2.75, 3.05) is 11.9 Å². The maximum atomic E-state index is 14.5. The first kappa shape index (κ1) is 33.4. The van der Waals surface area contributed by atoms with Gasteiger partial charge >= 0.3 is 6.09 Å². The zero-order valence-electron chi connectivity index (χ0n) is 26.6. The summed E-state index contributed by atoms with van der Waals surface area (Å²) in [5.41, 5.74) is 1.03. The molecule has 0 heterocycles. The van der Waals surface area contributed by atoms with Crippen LogP contribution in [0, 0.1) is 12.8 Å². The summed E-state index contributed by atoms with van der Waals surface area (Å²) in [6, 6.07) is 16.6. The summed E-state index contributed by atoms with van der Waals surface area (Å²) in [4.78, 5) is 43.1. The van der Waals surface area contributed by atoms with Crippen molar-refractivity contribution in [2.45, 2.75) is 91.8 Å². The highest BCUT2D eigenvalue weighted by Crippen LogP contribution is 2.30. The normalized spacial score (nSPS) is 13.6. The molecule has 232 valence electrons. The zero-order chi connectivity index (χ0) is 31.7. The number of nitrogens with one attached hydrogen (secondary N) is 2. The summed E-state index contributed by atoms with van der Waals surface area (Å²) in [6.07, 6.45) is 2.42. The Morgan fingerprint density at radius 2 is 1.65 bits per heavy atom. The summed E-state index contributed by atoms with van der Waals surface area (Å²) in [7, 11) is 0. The number of phenolic OH excluding ortho intramolecular Hbond substituents is 1. The van der Waals surface area contributed by atoms with Crippen molar-refractivity contribution in [1.82, 2.24) is 10.2 Å². The van der Waals surface area contributed by atoms with Gasteiger partial charge in [0, 0.05) is 12.2 Å². The average Bonchev–Trinajstić information content (AvgIpc) is 2.95. The number of hydrogen-bond acceptors (Lipinski definition) is 5. The Hall–Kier alpha value is -4.07. The summed E-state index contributed by atoms with van der Waals surface area (Å²) in [5.74, 6) is -0.865. The van der Waals surface area contributed by atoms with E-state index >= 15 is 0 Å². The van der Waals surface area contributed by atoms with Crippen LogP contribution in [0.15, 0.2) is 60.7 Å². The largest absolute Gasteiger partial charge is 0.508 e. The molecule has 3 amide bonds. The molecule has 0 aliphatic heterocycles. The maximum absolute atomic E-state index is 14.5. The lowest BCUT2D eigenvalue weighted by Crippen LogP contribution is -2.55. The maximum Gasteiger partial charge on any atom is 0.408 e. The minimum absolute atomic E-state index is 0.102. The van der Waals surface area contributed by atoms with Crippen molar-refractivity contribution < 1.29 is 24.2 Å². The molecular weight excluding hydrogens is 542 g/mol. The van der Waals surface area contributed by atoms with E-state index in [1.807, 2.05) is 56.3 Å². The second kappa shape index (κ2) is 14.9. The molecule has 8 nitrogen and oxygen atoms in total. The lowest BCUT2D eigenvalue weighted by molar-refractivity contribution is -0.142. The standard InChI is InChI=1S/C35H47N3O5/c1-8-10-13-20-38(33(41)30(23(3)9-2)37-34(42)43-35(5,6)7)31(27-17-19-29(39)24(4)21-27)32(40)36-28-18-16-25-14-11-12-15-26(25)22-28/h11-12,14-19,21-23,30-31,39H,8-10,13,20H2,1-7H3,(H,36,40)(H,37,42). The van der Waals surface area contributed by atoms with Crippen LogP contribution in [0.3, 0.4) is 0 Å². The molecule has 0 saturated heterocycles. The molecule has 0 fully saturated rings. The van der Waals surface area contributed by atoms with Crippen molar-refractivity contribution in [2.24, 2.45) is 5.92 Å². The molecule has 0 aliphatic rings. The van der Waals surface area contributed by atoms with E-state index in [2.05, 4.69) is 17.6 Å².